The maximum absolute atomic E-state index is 9.49. The Morgan fingerprint density at radius 2 is 1.84 bits per heavy atom. The third-order valence-electron chi connectivity index (χ3n) is 3.34. The van der Waals surface area contributed by atoms with Crippen molar-refractivity contribution in [3.63, 3.8) is 0 Å². The summed E-state index contributed by atoms with van der Waals surface area (Å²) >= 11 is 0. The molecule has 2 aromatic carbocycles. The van der Waals surface area contributed by atoms with E-state index in [4.69, 9.17) is 0 Å². The molecule has 0 aliphatic rings. The van der Waals surface area contributed by atoms with E-state index < -0.39 is 0 Å². The molecule has 2 N–H and O–H groups in total. The number of hydrogen-bond acceptors (Lipinski definition) is 2. The maximum Gasteiger partial charge on any atom is 0.115 e. The molecule has 3 rings (SSSR count). The molecule has 3 heteroatoms. The van der Waals surface area contributed by atoms with Gasteiger partial charge in [-0.05, 0) is 35.4 Å². The monoisotopic (exact) mass is 253 g/mol. The van der Waals surface area contributed by atoms with Crippen molar-refractivity contribution in [3.8, 4) is 5.75 Å². The molecule has 96 valence electrons. The quantitative estimate of drug-likeness (QED) is 0.754. The van der Waals surface area contributed by atoms with E-state index >= 15 is 0 Å². The van der Waals surface area contributed by atoms with Crippen LogP contribution in [0.2, 0.25) is 0 Å². The summed E-state index contributed by atoms with van der Waals surface area (Å²) in [5.41, 5.74) is 3.08. The number of phenolic OH excluding ortho intramolecular Hbond substituents is 1. The lowest BCUT2D eigenvalue weighted by Gasteiger charge is -2.07. The number of phenols is 1. The molecular formula is C16H15NO2. The number of aliphatic hydroxyl groups is 1. The molecule has 0 atom stereocenters. The highest BCUT2D eigenvalue weighted by molar-refractivity contribution is 5.83. The summed E-state index contributed by atoms with van der Waals surface area (Å²) in [7, 11) is 0. The molecule has 0 radical (unpaired) electrons. The van der Waals surface area contributed by atoms with E-state index in [0.717, 1.165) is 22.0 Å². The van der Waals surface area contributed by atoms with Gasteiger partial charge in [0.05, 0.1) is 6.61 Å². The Bertz CT molecular complexity index is 716. The zero-order valence-electron chi connectivity index (χ0n) is 10.5. The van der Waals surface area contributed by atoms with Gasteiger partial charge in [-0.3, -0.25) is 0 Å². The van der Waals surface area contributed by atoms with Gasteiger partial charge in [0.2, 0.25) is 0 Å². The van der Waals surface area contributed by atoms with Gasteiger partial charge in [0.15, 0.2) is 0 Å². The summed E-state index contributed by atoms with van der Waals surface area (Å²) in [5, 5.41) is 19.9. The second kappa shape index (κ2) is 4.78. The first kappa shape index (κ1) is 11.8. The first-order valence-corrected chi connectivity index (χ1v) is 6.23. The van der Waals surface area contributed by atoms with Crippen molar-refractivity contribution >= 4 is 10.9 Å². The average Bonchev–Trinajstić information content (AvgIpc) is 2.82. The van der Waals surface area contributed by atoms with Gasteiger partial charge in [0, 0.05) is 23.6 Å². The second-order valence-electron chi connectivity index (χ2n) is 4.62. The smallest absolute Gasteiger partial charge is 0.115 e. The summed E-state index contributed by atoms with van der Waals surface area (Å²) in [6, 6.07) is 15.2. The molecule has 0 fully saturated rings. The molecule has 0 saturated heterocycles. The average molecular weight is 253 g/mol. The number of nitrogens with zero attached hydrogens (tertiary/aromatic N) is 1. The maximum atomic E-state index is 9.49. The first-order chi connectivity index (χ1) is 9.28. The number of aliphatic hydroxyl groups excluding tert-OH is 1. The Morgan fingerprint density at radius 3 is 2.63 bits per heavy atom. The Labute approximate surface area is 111 Å². The number of benzene rings is 2. The van der Waals surface area contributed by atoms with Crippen molar-refractivity contribution in [2.45, 2.75) is 13.2 Å². The van der Waals surface area contributed by atoms with Gasteiger partial charge in [0.25, 0.3) is 0 Å². The summed E-state index contributed by atoms with van der Waals surface area (Å²) in [6.07, 6.45) is 2.01. The third kappa shape index (κ3) is 2.20. The predicted molar refractivity (Wildman–Crippen MR) is 75.1 cm³/mol. The highest BCUT2D eigenvalue weighted by atomic mass is 16.3. The first-order valence-electron chi connectivity index (χ1n) is 6.23. The molecule has 1 aromatic heterocycles. The lowest BCUT2D eigenvalue weighted by Crippen LogP contribution is -1.97. The van der Waals surface area contributed by atoms with Crippen molar-refractivity contribution < 1.29 is 10.2 Å². The molecule has 19 heavy (non-hydrogen) atoms. The topological polar surface area (TPSA) is 45.4 Å². The summed E-state index contributed by atoms with van der Waals surface area (Å²) in [5.74, 6) is 0.282. The van der Waals surface area contributed by atoms with Gasteiger partial charge in [-0.15, -0.1) is 0 Å². The summed E-state index contributed by atoms with van der Waals surface area (Å²) in [6.45, 7) is 0.750. The minimum atomic E-state index is 0.0491. The summed E-state index contributed by atoms with van der Waals surface area (Å²) < 4.78 is 2.11. The largest absolute Gasteiger partial charge is 0.508 e. The van der Waals surface area contributed by atoms with Crippen LogP contribution in [0.3, 0.4) is 0 Å². The zero-order chi connectivity index (χ0) is 13.2. The van der Waals surface area contributed by atoms with Gasteiger partial charge >= 0.3 is 0 Å². The van der Waals surface area contributed by atoms with Crippen LogP contribution in [0.15, 0.2) is 54.7 Å². The van der Waals surface area contributed by atoms with E-state index in [9.17, 15) is 10.2 Å². The Balaban J connectivity index is 2.02. The number of aromatic nitrogens is 1. The molecule has 0 bridgehead atoms. The van der Waals surface area contributed by atoms with E-state index in [1.165, 1.54) is 0 Å². The Morgan fingerprint density at radius 1 is 1.00 bits per heavy atom. The van der Waals surface area contributed by atoms with E-state index in [2.05, 4.69) is 4.57 Å². The van der Waals surface area contributed by atoms with E-state index in [1.807, 2.05) is 42.6 Å². The SMILES string of the molecule is OCc1cccc2c1ccn2Cc1cccc(O)c1. The molecule has 0 spiro atoms. The number of aromatic hydroxyl groups is 1. The van der Waals surface area contributed by atoms with Crippen LogP contribution in [0.4, 0.5) is 0 Å². The standard InChI is InChI=1S/C16H15NO2/c18-11-13-4-2-6-16-15(13)7-8-17(16)10-12-3-1-5-14(19)9-12/h1-9,18-19H,10-11H2. The number of hydrogen-bond donors (Lipinski definition) is 2. The van der Waals surface area contributed by atoms with Crippen LogP contribution in [-0.2, 0) is 13.2 Å². The highest BCUT2D eigenvalue weighted by Crippen LogP contribution is 2.22. The third-order valence-corrected chi connectivity index (χ3v) is 3.34. The Hall–Kier alpha value is -2.26. The summed E-state index contributed by atoms with van der Waals surface area (Å²) in [4.78, 5) is 0. The lowest BCUT2D eigenvalue weighted by molar-refractivity contribution is 0.283. The fraction of sp³-hybridized carbons (Fsp3) is 0.125. The minimum absolute atomic E-state index is 0.0491. The molecular weight excluding hydrogens is 238 g/mol. The highest BCUT2D eigenvalue weighted by Gasteiger charge is 2.05. The zero-order valence-corrected chi connectivity index (χ0v) is 10.5. The predicted octanol–water partition coefficient (Wildman–Crippen LogP) is 2.89. The van der Waals surface area contributed by atoms with Crippen LogP contribution in [0.5, 0.6) is 5.75 Å². The second-order valence-corrected chi connectivity index (χ2v) is 4.62. The van der Waals surface area contributed by atoms with Crippen LogP contribution in [0, 0.1) is 0 Å². The van der Waals surface area contributed by atoms with Crippen LogP contribution in [-0.4, -0.2) is 14.8 Å². The van der Waals surface area contributed by atoms with Crippen molar-refractivity contribution in [1.29, 1.82) is 0 Å². The molecule has 3 aromatic rings. The van der Waals surface area contributed by atoms with Gasteiger partial charge in [0.1, 0.15) is 5.75 Å². The van der Waals surface area contributed by atoms with Gasteiger partial charge in [-0.2, -0.15) is 0 Å². The molecule has 0 unspecified atom stereocenters. The normalized spacial score (nSPS) is 11.0. The van der Waals surface area contributed by atoms with Crippen molar-refractivity contribution in [2.24, 2.45) is 0 Å². The Kier molecular flexibility index (Phi) is 2.97. The van der Waals surface area contributed by atoms with Crippen LogP contribution < -0.4 is 0 Å². The molecule has 0 aliphatic carbocycles. The van der Waals surface area contributed by atoms with Gasteiger partial charge < -0.3 is 14.8 Å². The molecule has 0 amide bonds. The van der Waals surface area contributed by atoms with E-state index in [-0.39, 0.29) is 12.4 Å². The lowest BCUT2D eigenvalue weighted by atomic mass is 10.1. The van der Waals surface area contributed by atoms with Gasteiger partial charge in [-0.25, -0.2) is 0 Å². The van der Waals surface area contributed by atoms with Crippen LogP contribution in [0.1, 0.15) is 11.1 Å². The molecule has 0 aliphatic heterocycles. The molecule has 1 heterocycles. The fourth-order valence-electron chi connectivity index (χ4n) is 2.41. The van der Waals surface area contributed by atoms with E-state index in [0.29, 0.717) is 6.54 Å². The van der Waals surface area contributed by atoms with Crippen LogP contribution in [0.25, 0.3) is 10.9 Å². The van der Waals surface area contributed by atoms with E-state index in [1.54, 1.807) is 12.1 Å². The van der Waals surface area contributed by atoms with Crippen molar-refractivity contribution in [1.82, 2.24) is 4.57 Å². The van der Waals surface area contributed by atoms with Crippen molar-refractivity contribution in [2.75, 3.05) is 0 Å². The minimum Gasteiger partial charge on any atom is -0.508 e. The molecule has 3 nitrogen and oxygen atoms in total. The van der Waals surface area contributed by atoms with Gasteiger partial charge in [-0.1, -0.05) is 24.3 Å². The number of rotatable bonds is 3. The molecule has 0 saturated carbocycles. The number of fused-ring (bicyclic) bond motifs is 1. The van der Waals surface area contributed by atoms with Crippen molar-refractivity contribution in [3.05, 3.63) is 65.9 Å². The van der Waals surface area contributed by atoms with Crippen LogP contribution >= 0.6 is 0 Å². The fourth-order valence-corrected chi connectivity index (χ4v) is 2.41.